The Hall–Kier alpha value is -0.740. The first-order valence-corrected chi connectivity index (χ1v) is 8.35. The van der Waals surface area contributed by atoms with Crippen LogP contribution in [0.15, 0.2) is 16.6 Å². The second-order valence-corrected chi connectivity index (χ2v) is 6.81. The summed E-state index contributed by atoms with van der Waals surface area (Å²) in [6.45, 7) is 9.96. The number of nitrogens with one attached hydrogen (secondary N) is 1. The van der Waals surface area contributed by atoms with E-state index in [1.165, 1.54) is 0 Å². The van der Waals surface area contributed by atoms with Crippen molar-refractivity contribution in [2.24, 2.45) is 5.41 Å². The fourth-order valence-electron chi connectivity index (χ4n) is 2.41. The number of methoxy groups -OCH3 is 2. The molecule has 0 fully saturated rings. The number of hydrogen-bond donors (Lipinski definition) is 1. The molecule has 0 radical (unpaired) electrons. The molecule has 0 bridgehead atoms. The van der Waals surface area contributed by atoms with E-state index in [4.69, 9.17) is 9.47 Å². The molecule has 0 aromatic heterocycles. The lowest BCUT2D eigenvalue weighted by atomic mass is 9.78. The van der Waals surface area contributed by atoms with Crippen molar-refractivity contribution in [3.05, 3.63) is 22.2 Å². The SMILES string of the molecule is CCCNC(c1cc(OC)c(Br)cc1OC)C(C)(C)CC. The van der Waals surface area contributed by atoms with Gasteiger partial charge in [0.05, 0.1) is 18.7 Å². The summed E-state index contributed by atoms with van der Waals surface area (Å²) in [5, 5.41) is 3.67. The third kappa shape index (κ3) is 4.36. The Bertz CT molecular complexity index is 460. The first-order chi connectivity index (χ1) is 9.91. The molecular weight excluding hydrogens is 330 g/mol. The topological polar surface area (TPSA) is 30.5 Å². The van der Waals surface area contributed by atoms with Gasteiger partial charge in [-0.05, 0) is 52.9 Å². The van der Waals surface area contributed by atoms with Crippen LogP contribution in [0.25, 0.3) is 0 Å². The largest absolute Gasteiger partial charge is 0.496 e. The van der Waals surface area contributed by atoms with Crippen molar-refractivity contribution in [1.29, 1.82) is 0 Å². The molecule has 3 nitrogen and oxygen atoms in total. The molecule has 0 spiro atoms. The van der Waals surface area contributed by atoms with Crippen LogP contribution in [0.5, 0.6) is 11.5 Å². The predicted octanol–water partition coefficient (Wildman–Crippen LogP) is 4.94. The minimum Gasteiger partial charge on any atom is -0.496 e. The van der Waals surface area contributed by atoms with Gasteiger partial charge < -0.3 is 14.8 Å². The summed E-state index contributed by atoms with van der Waals surface area (Å²) in [7, 11) is 3.41. The quantitative estimate of drug-likeness (QED) is 0.714. The molecule has 0 amide bonds. The maximum Gasteiger partial charge on any atom is 0.133 e. The molecule has 120 valence electrons. The van der Waals surface area contributed by atoms with E-state index in [0.29, 0.717) is 0 Å². The summed E-state index contributed by atoms with van der Waals surface area (Å²) < 4.78 is 12.0. The highest BCUT2D eigenvalue weighted by atomic mass is 79.9. The summed E-state index contributed by atoms with van der Waals surface area (Å²) in [5.74, 6) is 1.72. The van der Waals surface area contributed by atoms with Crippen LogP contribution < -0.4 is 14.8 Å². The van der Waals surface area contributed by atoms with Crippen LogP contribution >= 0.6 is 15.9 Å². The average Bonchev–Trinajstić information content (AvgIpc) is 2.48. The van der Waals surface area contributed by atoms with E-state index in [-0.39, 0.29) is 11.5 Å². The van der Waals surface area contributed by atoms with Gasteiger partial charge in [-0.2, -0.15) is 0 Å². The van der Waals surface area contributed by atoms with E-state index in [2.05, 4.69) is 55.0 Å². The summed E-state index contributed by atoms with van der Waals surface area (Å²) in [4.78, 5) is 0. The highest BCUT2D eigenvalue weighted by Gasteiger charge is 2.31. The Labute approximate surface area is 137 Å². The van der Waals surface area contributed by atoms with Crippen LogP contribution in [-0.2, 0) is 0 Å². The lowest BCUT2D eigenvalue weighted by Gasteiger charge is -2.35. The highest BCUT2D eigenvalue weighted by Crippen LogP contribution is 2.43. The Morgan fingerprint density at radius 2 is 1.76 bits per heavy atom. The molecule has 0 aliphatic carbocycles. The van der Waals surface area contributed by atoms with E-state index in [9.17, 15) is 0 Å². The Balaban J connectivity index is 3.34. The van der Waals surface area contributed by atoms with Gasteiger partial charge in [0.1, 0.15) is 11.5 Å². The monoisotopic (exact) mass is 357 g/mol. The van der Waals surface area contributed by atoms with E-state index in [0.717, 1.165) is 40.9 Å². The molecule has 21 heavy (non-hydrogen) atoms. The Morgan fingerprint density at radius 3 is 2.24 bits per heavy atom. The van der Waals surface area contributed by atoms with Crippen molar-refractivity contribution in [2.75, 3.05) is 20.8 Å². The minimum absolute atomic E-state index is 0.126. The summed E-state index contributed by atoms with van der Waals surface area (Å²) >= 11 is 3.53. The third-order valence-electron chi connectivity index (χ3n) is 4.11. The molecule has 1 aromatic carbocycles. The summed E-state index contributed by atoms with van der Waals surface area (Å²) in [6.07, 6.45) is 2.18. The molecule has 1 atom stereocenters. The fourth-order valence-corrected chi connectivity index (χ4v) is 2.89. The Morgan fingerprint density at radius 1 is 1.14 bits per heavy atom. The van der Waals surface area contributed by atoms with Gasteiger partial charge in [-0.1, -0.05) is 27.7 Å². The number of ether oxygens (including phenoxy) is 2. The van der Waals surface area contributed by atoms with E-state index >= 15 is 0 Å². The zero-order valence-corrected chi connectivity index (χ0v) is 15.6. The molecule has 4 heteroatoms. The van der Waals surface area contributed by atoms with Crippen molar-refractivity contribution in [1.82, 2.24) is 5.32 Å². The smallest absolute Gasteiger partial charge is 0.133 e. The first-order valence-electron chi connectivity index (χ1n) is 7.56. The van der Waals surface area contributed by atoms with Crippen LogP contribution in [0.3, 0.4) is 0 Å². The van der Waals surface area contributed by atoms with Crippen LogP contribution in [-0.4, -0.2) is 20.8 Å². The second-order valence-electron chi connectivity index (χ2n) is 5.96. The lowest BCUT2D eigenvalue weighted by Crippen LogP contribution is -2.34. The minimum atomic E-state index is 0.126. The number of halogens is 1. The first kappa shape index (κ1) is 18.3. The molecule has 1 N–H and O–H groups in total. The second kappa shape index (κ2) is 8.04. The standard InChI is InChI=1S/C17H28BrNO2/c1-7-9-19-16(17(3,4)8-2)12-10-15(21-6)13(18)11-14(12)20-5/h10-11,16,19H,7-9H2,1-6H3. The summed E-state index contributed by atoms with van der Waals surface area (Å²) in [6, 6.07) is 4.29. The van der Waals surface area contributed by atoms with Gasteiger partial charge in [-0.25, -0.2) is 0 Å². The molecule has 0 aliphatic rings. The van der Waals surface area contributed by atoms with Gasteiger partial charge in [-0.15, -0.1) is 0 Å². The third-order valence-corrected chi connectivity index (χ3v) is 4.73. The number of hydrogen-bond acceptors (Lipinski definition) is 3. The zero-order valence-electron chi connectivity index (χ0n) is 14.0. The van der Waals surface area contributed by atoms with Crippen LogP contribution in [0, 0.1) is 5.41 Å². The average molecular weight is 358 g/mol. The van der Waals surface area contributed by atoms with Gasteiger partial charge >= 0.3 is 0 Å². The van der Waals surface area contributed by atoms with Crippen molar-refractivity contribution < 1.29 is 9.47 Å². The van der Waals surface area contributed by atoms with Gasteiger partial charge in [0, 0.05) is 11.6 Å². The maximum absolute atomic E-state index is 5.60. The highest BCUT2D eigenvalue weighted by molar-refractivity contribution is 9.10. The molecule has 0 aliphatic heterocycles. The van der Waals surface area contributed by atoms with Crippen LogP contribution in [0.1, 0.15) is 52.1 Å². The molecule has 0 saturated carbocycles. The normalized spacial score (nSPS) is 13.1. The van der Waals surface area contributed by atoms with Gasteiger partial charge in [0.25, 0.3) is 0 Å². The van der Waals surface area contributed by atoms with Gasteiger partial charge in [-0.3, -0.25) is 0 Å². The van der Waals surface area contributed by atoms with Crippen molar-refractivity contribution >= 4 is 15.9 Å². The molecule has 0 saturated heterocycles. The zero-order chi connectivity index (χ0) is 16.0. The van der Waals surface area contributed by atoms with Gasteiger partial charge in [0.2, 0.25) is 0 Å². The van der Waals surface area contributed by atoms with E-state index in [1.807, 2.05) is 6.07 Å². The molecule has 1 aromatic rings. The van der Waals surface area contributed by atoms with Crippen molar-refractivity contribution in [2.45, 2.75) is 46.6 Å². The molecule has 0 heterocycles. The molecular formula is C17H28BrNO2. The van der Waals surface area contributed by atoms with Gasteiger partial charge in [0.15, 0.2) is 0 Å². The maximum atomic E-state index is 5.60. The number of rotatable bonds is 8. The number of benzene rings is 1. The lowest BCUT2D eigenvalue weighted by molar-refractivity contribution is 0.228. The van der Waals surface area contributed by atoms with Crippen LogP contribution in [0.2, 0.25) is 0 Å². The van der Waals surface area contributed by atoms with E-state index in [1.54, 1.807) is 14.2 Å². The van der Waals surface area contributed by atoms with Crippen LogP contribution in [0.4, 0.5) is 0 Å². The van der Waals surface area contributed by atoms with Crippen molar-refractivity contribution in [3.63, 3.8) is 0 Å². The van der Waals surface area contributed by atoms with Crippen molar-refractivity contribution in [3.8, 4) is 11.5 Å². The fraction of sp³-hybridized carbons (Fsp3) is 0.647. The molecule has 1 unspecified atom stereocenters. The molecule has 1 rings (SSSR count). The van der Waals surface area contributed by atoms with E-state index < -0.39 is 0 Å². The predicted molar refractivity (Wildman–Crippen MR) is 92.4 cm³/mol. The summed E-state index contributed by atoms with van der Waals surface area (Å²) in [5.41, 5.74) is 1.28. The Kier molecular flexibility index (Phi) is 7.01.